The lowest BCUT2D eigenvalue weighted by atomic mass is 10.1. The fourth-order valence-electron chi connectivity index (χ4n) is 2.00. The highest BCUT2D eigenvalue weighted by Gasteiger charge is 2.29. The molecule has 30 heavy (non-hydrogen) atoms. The Morgan fingerprint density at radius 2 is 1.57 bits per heavy atom. The maximum absolute atomic E-state index is 12.5. The number of halogens is 3. The van der Waals surface area contributed by atoms with Crippen LogP contribution in [0.15, 0.2) is 53.7 Å². The van der Waals surface area contributed by atoms with E-state index in [1.807, 2.05) is 0 Å². The molecule has 0 aliphatic rings. The summed E-state index contributed by atoms with van der Waals surface area (Å²) in [5.41, 5.74) is 16.3. The van der Waals surface area contributed by atoms with Gasteiger partial charge in [0.25, 0.3) is 0 Å². The van der Waals surface area contributed by atoms with Crippen LogP contribution in [0, 0.1) is 5.41 Å². The summed E-state index contributed by atoms with van der Waals surface area (Å²) in [6.45, 7) is 3.02. The fraction of sp³-hybridized carbons (Fsp3) is 0.300. The number of rotatable bonds is 8. The predicted octanol–water partition coefficient (Wildman–Crippen LogP) is 2.86. The van der Waals surface area contributed by atoms with Gasteiger partial charge in [-0.05, 0) is 54.4 Å². The van der Waals surface area contributed by atoms with Crippen LogP contribution in [-0.4, -0.2) is 31.2 Å². The Labute approximate surface area is 173 Å². The molecule has 0 aliphatic heterocycles. The van der Waals surface area contributed by atoms with Gasteiger partial charge in [0.15, 0.2) is 0 Å². The van der Waals surface area contributed by atoms with Crippen molar-refractivity contribution in [3.63, 3.8) is 0 Å². The number of alkyl halides is 3. The van der Waals surface area contributed by atoms with E-state index in [-0.39, 0.29) is 19.0 Å². The summed E-state index contributed by atoms with van der Waals surface area (Å²) in [5, 5.41) is 11.1. The van der Waals surface area contributed by atoms with Crippen molar-refractivity contribution in [3.05, 3.63) is 65.2 Å². The predicted molar refractivity (Wildman–Crippen MR) is 110 cm³/mol. The van der Waals surface area contributed by atoms with E-state index in [0.717, 1.165) is 17.7 Å². The van der Waals surface area contributed by atoms with Crippen LogP contribution in [0.25, 0.3) is 0 Å². The van der Waals surface area contributed by atoms with Gasteiger partial charge in [-0.15, -0.1) is 0 Å². The van der Waals surface area contributed by atoms with Crippen molar-refractivity contribution in [2.75, 3.05) is 19.7 Å². The van der Waals surface area contributed by atoms with E-state index in [4.69, 9.17) is 32.2 Å². The molecule has 164 valence electrons. The molecule has 10 heteroatoms. The molecule has 0 amide bonds. The highest BCUT2D eigenvalue weighted by atomic mass is 19.4. The molecule has 0 atom stereocenters. The van der Waals surface area contributed by atoms with Gasteiger partial charge in [0.1, 0.15) is 24.8 Å². The molecule has 7 N–H and O–H groups in total. The average Bonchev–Trinajstić information content (AvgIpc) is 2.72. The molecule has 7 nitrogen and oxygen atoms in total. The van der Waals surface area contributed by atoms with Crippen molar-refractivity contribution in [1.29, 1.82) is 5.41 Å². The van der Waals surface area contributed by atoms with Crippen molar-refractivity contribution < 1.29 is 22.7 Å². The Bertz CT molecular complexity index is 805. The topological polar surface area (TPSA) is 133 Å². The molecule has 0 heterocycles. The highest BCUT2D eigenvalue weighted by molar-refractivity contribution is 5.98. The molecule has 2 aromatic rings. The third kappa shape index (κ3) is 9.39. The normalized spacial score (nSPS) is 11.3. The summed E-state index contributed by atoms with van der Waals surface area (Å²) < 4.78 is 42.8. The standard InChI is InChI=1S/C18H18F3N3O2.C2H8N2/c1-12(14-4-8-16(9-5-14)25-11-17(22)23)24-26-10-13-2-6-15(7-3-13)18(19,20)21;3-1-2-4/h2-9H,10-11H2,1H3,(H3,22,23);1-4H2/b24-12+;. The van der Waals surface area contributed by atoms with E-state index < -0.39 is 11.7 Å². The minimum absolute atomic E-state index is 0.0165. The minimum atomic E-state index is -4.35. The van der Waals surface area contributed by atoms with Crippen LogP contribution >= 0.6 is 0 Å². The molecule has 0 aliphatic carbocycles. The maximum Gasteiger partial charge on any atom is 0.416 e. The molecule has 0 saturated heterocycles. The largest absolute Gasteiger partial charge is 0.486 e. The second kappa shape index (κ2) is 12.5. The quantitative estimate of drug-likeness (QED) is 0.293. The van der Waals surface area contributed by atoms with Crippen LogP contribution in [0.2, 0.25) is 0 Å². The fourth-order valence-corrected chi connectivity index (χ4v) is 2.00. The third-order valence-electron chi connectivity index (χ3n) is 3.55. The number of oxime groups is 1. The molecule has 0 saturated carbocycles. The average molecular weight is 425 g/mol. The Kier molecular flexibility index (Phi) is 10.3. The van der Waals surface area contributed by atoms with Crippen molar-refractivity contribution >= 4 is 11.5 Å². The third-order valence-corrected chi connectivity index (χ3v) is 3.55. The van der Waals surface area contributed by atoms with Crippen molar-refractivity contribution in [1.82, 2.24) is 0 Å². The lowest BCUT2D eigenvalue weighted by molar-refractivity contribution is -0.137. The van der Waals surface area contributed by atoms with Crippen LogP contribution in [0.5, 0.6) is 5.75 Å². The van der Waals surface area contributed by atoms with Gasteiger partial charge in [0.2, 0.25) is 0 Å². The van der Waals surface area contributed by atoms with Crippen LogP contribution < -0.4 is 21.9 Å². The zero-order valence-electron chi connectivity index (χ0n) is 16.6. The lowest BCUT2D eigenvalue weighted by Crippen LogP contribution is -2.19. The van der Waals surface area contributed by atoms with Crippen LogP contribution in [-0.2, 0) is 17.6 Å². The van der Waals surface area contributed by atoms with Crippen molar-refractivity contribution in [2.24, 2.45) is 22.4 Å². The smallest absolute Gasteiger partial charge is 0.416 e. The zero-order valence-corrected chi connectivity index (χ0v) is 16.6. The number of ether oxygens (including phenoxy) is 1. The molecule has 0 radical (unpaired) electrons. The first-order valence-corrected chi connectivity index (χ1v) is 8.96. The summed E-state index contributed by atoms with van der Waals surface area (Å²) in [4.78, 5) is 5.20. The van der Waals surface area contributed by atoms with E-state index in [1.54, 1.807) is 31.2 Å². The highest BCUT2D eigenvalue weighted by Crippen LogP contribution is 2.29. The molecule has 0 fully saturated rings. The van der Waals surface area contributed by atoms with Gasteiger partial charge in [-0.3, -0.25) is 5.41 Å². The molecule has 0 aromatic heterocycles. The lowest BCUT2D eigenvalue weighted by Gasteiger charge is -2.08. The van der Waals surface area contributed by atoms with E-state index in [2.05, 4.69) is 5.16 Å². The Balaban J connectivity index is 0.00000103. The van der Waals surface area contributed by atoms with Gasteiger partial charge in [0.05, 0.1) is 11.3 Å². The second-order valence-electron chi connectivity index (χ2n) is 6.06. The summed E-state index contributed by atoms with van der Waals surface area (Å²) in [7, 11) is 0. The number of nitrogens with zero attached hydrogens (tertiary/aromatic N) is 1. The first kappa shape index (κ1) is 24.9. The van der Waals surface area contributed by atoms with Crippen LogP contribution in [0.1, 0.15) is 23.6 Å². The molecular formula is C20H26F3N5O2. The molecule has 0 bridgehead atoms. The van der Waals surface area contributed by atoms with E-state index in [1.165, 1.54) is 12.1 Å². The monoisotopic (exact) mass is 425 g/mol. The Morgan fingerprint density at radius 3 is 2.03 bits per heavy atom. The zero-order chi connectivity index (χ0) is 22.6. The van der Waals surface area contributed by atoms with Crippen molar-refractivity contribution in [3.8, 4) is 5.75 Å². The summed E-state index contributed by atoms with van der Waals surface area (Å²) >= 11 is 0. The van der Waals surface area contributed by atoms with E-state index in [9.17, 15) is 13.2 Å². The van der Waals surface area contributed by atoms with Gasteiger partial charge >= 0.3 is 6.18 Å². The maximum atomic E-state index is 12.5. The number of nitrogens with two attached hydrogens (primary N) is 3. The molecule has 2 aromatic carbocycles. The van der Waals surface area contributed by atoms with Gasteiger partial charge in [-0.1, -0.05) is 17.3 Å². The van der Waals surface area contributed by atoms with Gasteiger partial charge in [0, 0.05) is 13.1 Å². The Hall–Kier alpha value is -3.11. The van der Waals surface area contributed by atoms with E-state index in [0.29, 0.717) is 30.1 Å². The molecule has 0 unspecified atom stereocenters. The van der Waals surface area contributed by atoms with Crippen LogP contribution in [0.4, 0.5) is 13.2 Å². The summed E-state index contributed by atoms with van der Waals surface area (Å²) in [5.74, 6) is 0.505. The summed E-state index contributed by atoms with van der Waals surface area (Å²) in [6.07, 6.45) is -4.35. The van der Waals surface area contributed by atoms with Crippen molar-refractivity contribution in [2.45, 2.75) is 19.7 Å². The molecule has 2 rings (SSSR count). The number of hydrogen-bond acceptors (Lipinski definition) is 6. The minimum Gasteiger partial charge on any atom is -0.486 e. The first-order chi connectivity index (χ1) is 14.2. The van der Waals surface area contributed by atoms with Crippen LogP contribution in [0.3, 0.4) is 0 Å². The van der Waals surface area contributed by atoms with Gasteiger partial charge in [-0.2, -0.15) is 13.2 Å². The molecular weight excluding hydrogens is 399 g/mol. The van der Waals surface area contributed by atoms with Gasteiger partial charge in [-0.25, -0.2) is 0 Å². The summed E-state index contributed by atoms with van der Waals surface area (Å²) in [6, 6.07) is 11.7. The number of nitrogens with one attached hydrogen (secondary N) is 1. The SMILES string of the molecule is C/C(=N\OCc1ccc(C(F)(F)F)cc1)c1ccc(OCC(=N)N)cc1.NCCN. The number of hydrogen-bond donors (Lipinski definition) is 4. The number of amidine groups is 1. The molecule has 0 spiro atoms. The second-order valence-corrected chi connectivity index (χ2v) is 6.06. The Morgan fingerprint density at radius 1 is 1.00 bits per heavy atom. The van der Waals surface area contributed by atoms with E-state index >= 15 is 0 Å². The number of benzene rings is 2. The van der Waals surface area contributed by atoms with Gasteiger partial charge < -0.3 is 26.8 Å². The first-order valence-electron chi connectivity index (χ1n) is 8.96.